The molecule has 0 spiro atoms. The normalized spacial score (nSPS) is 17.6. The fourth-order valence-electron chi connectivity index (χ4n) is 8.04. The van der Waals surface area contributed by atoms with E-state index in [0.717, 1.165) is 12.8 Å². The van der Waals surface area contributed by atoms with Crippen molar-refractivity contribution in [2.75, 3.05) is 0 Å². The first-order valence-electron chi connectivity index (χ1n) is 18.5. The van der Waals surface area contributed by atoms with Gasteiger partial charge < -0.3 is 8.85 Å². The number of hydrogen-bond donors (Lipinski definition) is 0. The number of unbranched alkanes of at least 4 members (excludes halogenated alkanes) is 2. The van der Waals surface area contributed by atoms with Gasteiger partial charge in [0.05, 0.1) is 0 Å². The summed E-state index contributed by atoms with van der Waals surface area (Å²) < 4.78 is 15.3. The highest BCUT2D eigenvalue weighted by Gasteiger charge is 2.40. The molecule has 0 N–H and O–H groups in total. The van der Waals surface area contributed by atoms with Gasteiger partial charge in [0, 0.05) is 11.5 Å². The molecule has 246 valence electrons. The summed E-state index contributed by atoms with van der Waals surface area (Å²) >= 11 is 0. The molecule has 1 aromatic carbocycles. The van der Waals surface area contributed by atoms with Crippen molar-refractivity contribution in [3.63, 3.8) is 0 Å². The third-order valence-corrected chi connectivity index (χ3v) is 19.6. The molecule has 1 aromatic rings. The van der Waals surface area contributed by atoms with Crippen molar-refractivity contribution in [1.82, 2.24) is 0 Å². The fraction of sp³-hybridized carbons (Fsp3) is 0.744. The lowest BCUT2D eigenvalue weighted by molar-refractivity contribution is 0.437. The van der Waals surface area contributed by atoms with E-state index in [2.05, 4.69) is 87.1 Å². The summed E-state index contributed by atoms with van der Waals surface area (Å²) in [6.45, 7) is 25.6. The van der Waals surface area contributed by atoms with E-state index in [9.17, 15) is 0 Å². The Labute approximate surface area is 270 Å². The van der Waals surface area contributed by atoms with Gasteiger partial charge in [-0.3, -0.25) is 0 Å². The van der Waals surface area contributed by atoms with Crippen LogP contribution in [0.2, 0.25) is 36.3 Å². The lowest BCUT2D eigenvalue weighted by Gasteiger charge is -2.39. The Hall–Kier alpha value is -1.27. The second-order valence-electron chi connectivity index (χ2n) is 14.1. The molecule has 0 fully saturated rings. The van der Waals surface area contributed by atoms with Crippen LogP contribution in [0.5, 0.6) is 11.5 Å². The molecule has 2 rings (SSSR count). The summed E-state index contributed by atoms with van der Waals surface area (Å²) in [5.74, 6) is 3.06. The quantitative estimate of drug-likeness (QED) is 0.0724. The summed E-state index contributed by atoms with van der Waals surface area (Å²) in [6.07, 6.45) is 17.0. The van der Waals surface area contributed by atoms with Crippen LogP contribution in [0.15, 0.2) is 35.9 Å². The van der Waals surface area contributed by atoms with Gasteiger partial charge >= 0.3 is 0 Å². The van der Waals surface area contributed by atoms with Crippen molar-refractivity contribution < 1.29 is 8.85 Å². The van der Waals surface area contributed by atoms with Gasteiger partial charge in [-0.2, -0.15) is 0 Å². The van der Waals surface area contributed by atoms with Crippen LogP contribution >= 0.6 is 0 Å². The highest BCUT2D eigenvalue weighted by molar-refractivity contribution is 6.75. The second-order valence-corrected chi connectivity index (χ2v) is 22.2. The minimum atomic E-state index is -1.97. The number of allylic oxidation sites excluding steroid dienone is 3. The molecule has 0 heterocycles. The topological polar surface area (TPSA) is 18.5 Å². The largest absolute Gasteiger partial charge is 0.543 e. The van der Waals surface area contributed by atoms with Gasteiger partial charge in [0.15, 0.2) is 0 Å². The van der Waals surface area contributed by atoms with E-state index in [0.29, 0.717) is 5.92 Å². The lowest BCUT2D eigenvalue weighted by Crippen LogP contribution is -2.43. The molecule has 0 aliphatic heterocycles. The fourth-order valence-corrected chi connectivity index (χ4v) is 16.9. The number of rotatable bonds is 22. The maximum atomic E-state index is 7.67. The van der Waals surface area contributed by atoms with Crippen molar-refractivity contribution in [2.45, 2.75) is 182 Å². The Morgan fingerprint density at radius 2 is 1.16 bits per heavy atom. The molecule has 0 bridgehead atoms. The van der Waals surface area contributed by atoms with Crippen LogP contribution in [0.3, 0.4) is 0 Å². The van der Waals surface area contributed by atoms with Crippen molar-refractivity contribution >= 4 is 16.6 Å². The van der Waals surface area contributed by atoms with Crippen LogP contribution in [0.25, 0.3) is 0 Å². The average molecular weight is 627 g/mol. The standard InChI is InChI=1S/C39H70O2Si2/c1-11-18-19-20-34-30-37(40-42(23-12-2,24-13-3)25-14-4)39(36-29-33(10)21-22-35(36)32(8)9)38(31-34)41-43(26-15-5,27-16-6)28-17-7/h29-31,35-36H,8,11-28H2,1-7,9-10H3/t35-,36+/m1/s1. The Morgan fingerprint density at radius 3 is 1.53 bits per heavy atom. The summed E-state index contributed by atoms with van der Waals surface area (Å²) in [7, 11) is -3.95. The Balaban J connectivity index is 2.95. The Kier molecular flexibility index (Phi) is 17.0. The van der Waals surface area contributed by atoms with E-state index in [-0.39, 0.29) is 5.92 Å². The summed E-state index contributed by atoms with van der Waals surface area (Å²) in [6, 6.07) is 12.4. The number of hydrogen-bond acceptors (Lipinski definition) is 2. The van der Waals surface area contributed by atoms with E-state index in [4.69, 9.17) is 8.85 Å². The van der Waals surface area contributed by atoms with Crippen molar-refractivity contribution in [3.05, 3.63) is 47.1 Å². The van der Waals surface area contributed by atoms with Crippen molar-refractivity contribution in [3.8, 4) is 11.5 Å². The maximum Gasteiger partial charge on any atom is 0.251 e. The van der Waals surface area contributed by atoms with Crippen molar-refractivity contribution in [1.29, 1.82) is 0 Å². The molecule has 1 aliphatic carbocycles. The van der Waals surface area contributed by atoms with Gasteiger partial charge in [0.2, 0.25) is 0 Å². The monoisotopic (exact) mass is 626 g/mol. The zero-order valence-corrected chi connectivity index (χ0v) is 32.1. The first-order valence-corrected chi connectivity index (χ1v) is 23.6. The summed E-state index contributed by atoms with van der Waals surface area (Å²) in [5.41, 5.74) is 5.60. The molecule has 2 atom stereocenters. The van der Waals surface area contributed by atoms with Crippen LogP contribution in [-0.2, 0) is 6.42 Å². The van der Waals surface area contributed by atoms with Gasteiger partial charge in [-0.15, -0.1) is 0 Å². The van der Waals surface area contributed by atoms with E-state index in [1.165, 1.54) is 134 Å². The summed E-state index contributed by atoms with van der Waals surface area (Å²) in [4.78, 5) is 0. The van der Waals surface area contributed by atoms with Crippen LogP contribution < -0.4 is 8.85 Å². The molecule has 43 heavy (non-hydrogen) atoms. The maximum absolute atomic E-state index is 7.67. The molecular weight excluding hydrogens is 557 g/mol. The smallest absolute Gasteiger partial charge is 0.251 e. The molecule has 2 nitrogen and oxygen atoms in total. The molecule has 0 radical (unpaired) electrons. The third kappa shape index (κ3) is 10.9. The second kappa shape index (κ2) is 19.3. The molecule has 0 aromatic heterocycles. The summed E-state index contributed by atoms with van der Waals surface area (Å²) in [5, 5.41) is 0. The van der Waals surface area contributed by atoms with Crippen LogP contribution in [0.1, 0.15) is 150 Å². The molecule has 4 heteroatoms. The molecule has 0 saturated carbocycles. The molecular formula is C39H70O2Si2. The van der Waals surface area contributed by atoms with Gasteiger partial charge in [-0.25, -0.2) is 0 Å². The van der Waals surface area contributed by atoms with Crippen LogP contribution in [0, 0.1) is 5.92 Å². The predicted molar refractivity (Wildman–Crippen MR) is 197 cm³/mol. The van der Waals surface area contributed by atoms with E-state index >= 15 is 0 Å². The van der Waals surface area contributed by atoms with Gasteiger partial charge in [0.1, 0.15) is 11.5 Å². The molecule has 0 amide bonds. The van der Waals surface area contributed by atoms with E-state index in [1.807, 2.05) is 0 Å². The third-order valence-electron chi connectivity index (χ3n) is 9.83. The Morgan fingerprint density at radius 1 is 0.721 bits per heavy atom. The van der Waals surface area contributed by atoms with E-state index in [1.54, 1.807) is 0 Å². The zero-order chi connectivity index (χ0) is 31.9. The van der Waals surface area contributed by atoms with Gasteiger partial charge in [-0.1, -0.05) is 124 Å². The molecule has 0 saturated heterocycles. The van der Waals surface area contributed by atoms with Gasteiger partial charge in [-0.05, 0) is 99.4 Å². The average Bonchev–Trinajstić information content (AvgIpc) is 2.94. The minimum absolute atomic E-state index is 0.272. The van der Waals surface area contributed by atoms with Crippen LogP contribution in [0.4, 0.5) is 0 Å². The van der Waals surface area contributed by atoms with E-state index < -0.39 is 16.6 Å². The zero-order valence-electron chi connectivity index (χ0n) is 30.1. The highest BCUT2D eigenvalue weighted by Crippen LogP contribution is 2.50. The Bertz CT molecular complexity index is 914. The first-order chi connectivity index (χ1) is 20.7. The predicted octanol–water partition coefficient (Wildman–Crippen LogP) is 13.5. The molecule has 1 aliphatic rings. The number of aryl methyl sites for hydroxylation is 1. The SMILES string of the molecule is C=C(C)[C@H]1CCC(C)=C[C@@H]1c1c(O[Si](CCC)(CCC)CCC)cc(CCCCC)cc1O[Si](CCC)(CCC)CCC. The van der Waals surface area contributed by atoms with Crippen LogP contribution in [-0.4, -0.2) is 16.6 Å². The highest BCUT2D eigenvalue weighted by atomic mass is 28.4. The number of benzene rings is 1. The minimum Gasteiger partial charge on any atom is -0.543 e. The van der Waals surface area contributed by atoms with Crippen molar-refractivity contribution in [2.24, 2.45) is 5.92 Å². The lowest BCUT2D eigenvalue weighted by atomic mass is 9.73. The first kappa shape index (κ1) is 37.9. The van der Waals surface area contributed by atoms with Gasteiger partial charge in [0.25, 0.3) is 16.6 Å². The molecule has 0 unspecified atom stereocenters.